The Hall–Kier alpha value is -1.49. The van der Waals surface area contributed by atoms with Crippen molar-refractivity contribution in [1.82, 2.24) is 5.32 Å². The Kier molecular flexibility index (Phi) is 4.47. The van der Waals surface area contributed by atoms with Gasteiger partial charge in [-0.05, 0) is 31.0 Å². The maximum absolute atomic E-state index is 13.7. The van der Waals surface area contributed by atoms with Crippen molar-refractivity contribution in [3.63, 3.8) is 0 Å². The predicted octanol–water partition coefficient (Wildman–Crippen LogP) is 2.57. The van der Waals surface area contributed by atoms with Crippen molar-refractivity contribution in [2.45, 2.75) is 25.8 Å². The zero-order valence-corrected chi connectivity index (χ0v) is 10.8. The molecule has 1 amide bonds. The molecule has 0 spiro atoms. The third-order valence-electron chi connectivity index (χ3n) is 3.36. The van der Waals surface area contributed by atoms with Crippen molar-refractivity contribution in [2.24, 2.45) is 5.92 Å². The highest BCUT2D eigenvalue weighted by atomic mass is 19.1. The molecule has 0 aliphatic carbocycles. The third-order valence-corrected chi connectivity index (χ3v) is 3.36. The van der Waals surface area contributed by atoms with Crippen molar-refractivity contribution in [2.75, 3.05) is 13.2 Å². The van der Waals surface area contributed by atoms with Crippen LogP contribution in [0.25, 0.3) is 0 Å². The highest BCUT2D eigenvalue weighted by Gasteiger charge is 2.26. The van der Waals surface area contributed by atoms with Gasteiger partial charge in [-0.2, -0.15) is 0 Å². The van der Waals surface area contributed by atoms with Crippen molar-refractivity contribution < 1.29 is 18.3 Å². The van der Waals surface area contributed by atoms with E-state index < -0.39 is 17.7 Å². The molecule has 0 saturated carbocycles. The molecular weight excluding hydrogens is 252 g/mol. The monoisotopic (exact) mass is 269 g/mol. The van der Waals surface area contributed by atoms with Crippen molar-refractivity contribution >= 4 is 5.91 Å². The summed E-state index contributed by atoms with van der Waals surface area (Å²) in [6.45, 7) is 2.79. The molecule has 1 fully saturated rings. The molecule has 0 unspecified atom stereocenters. The van der Waals surface area contributed by atoms with Crippen molar-refractivity contribution in [1.29, 1.82) is 0 Å². The summed E-state index contributed by atoms with van der Waals surface area (Å²) in [5.74, 6) is -1.36. The molecule has 1 N–H and O–H groups in total. The first-order valence-electron chi connectivity index (χ1n) is 6.45. The van der Waals surface area contributed by atoms with Crippen LogP contribution in [0, 0.1) is 17.6 Å². The number of carbonyl (C=O) groups excluding carboxylic acids is 1. The van der Waals surface area contributed by atoms with Gasteiger partial charge in [-0.15, -0.1) is 0 Å². The zero-order valence-electron chi connectivity index (χ0n) is 10.8. The summed E-state index contributed by atoms with van der Waals surface area (Å²) >= 11 is 0. The topological polar surface area (TPSA) is 38.3 Å². The lowest BCUT2D eigenvalue weighted by Gasteiger charge is -2.20. The second-order valence-corrected chi connectivity index (χ2v) is 4.70. The van der Waals surface area contributed by atoms with Crippen LogP contribution in [0.4, 0.5) is 8.78 Å². The van der Waals surface area contributed by atoms with Crippen LogP contribution in [0.2, 0.25) is 0 Å². The van der Waals surface area contributed by atoms with Crippen LogP contribution in [0.15, 0.2) is 18.2 Å². The maximum atomic E-state index is 13.7. The summed E-state index contributed by atoms with van der Waals surface area (Å²) < 4.78 is 32.0. The molecule has 1 saturated heterocycles. The van der Waals surface area contributed by atoms with Gasteiger partial charge in [-0.3, -0.25) is 4.79 Å². The first-order chi connectivity index (χ1) is 9.11. The Balaban J connectivity index is 2.10. The number of nitrogens with one attached hydrogen (secondary N) is 1. The number of benzene rings is 1. The first kappa shape index (κ1) is 13.9. The fourth-order valence-electron chi connectivity index (χ4n) is 2.21. The molecule has 5 heteroatoms. The van der Waals surface area contributed by atoms with E-state index in [-0.39, 0.29) is 17.4 Å². The number of hydrogen-bond acceptors (Lipinski definition) is 2. The van der Waals surface area contributed by atoms with Gasteiger partial charge in [-0.1, -0.05) is 6.92 Å². The lowest BCUT2D eigenvalue weighted by atomic mass is 10.0. The van der Waals surface area contributed by atoms with E-state index in [1.165, 1.54) is 0 Å². The number of halogens is 2. The molecule has 0 radical (unpaired) electrons. The van der Waals surface area contributed by atoms with Gasteiger partial charge in [0, 0.05) is 12.2 Å². The summed E-state index contributed by atoms with van der Waals surface area (Å²) in [7, 11) is 0. The molecule has 2 atom stereocenters. The van der Waals surface area contributed by atoms with E-state index in [0.29, 0.717) is 26.1 Å². The summed E-state index contributed by atoms with van der Waals surface area (Å²) in [5.41, 5.74) is 0.190. The van der Waals surface area contributed by atoms with Gasteiger partial charge >= 0.3 is 0 Å². The maximum Gasteiger partial charge on any atom is 0.226 e. The molecule has 2 rings (SSSR count). The van der Waals surface area contributed by atoms with Crippen molar-refractivity contribution in [3.8, 4) is 0 Å². The lowest BCUT2D eigenvalue weighted by molar-refractivity contribution is -0.125. The fraction of sp³-hybridized carbons (Fsp3) is 0.500. The van der Waals surface area contributed by atoms with E-state index in [1.54, 1.807) is 0 Å². The normalized spacial score (nSPS) is 20.3. The molecule has 1 heterocycles. The SMILES string of the molecule is CC[C@H](NC(=O)[C@H]1CCOC1)c1cc(F)ccc1F. The third kappa shape index (κ3) is 3.29. The lowest BCUT2D eigenvalue weighted by Crippen LogP contribution is -2.34. The Morgan fingerprint density at radius 1 is 1.53 bits per heavy atom. The Morgan fingerprint density at radius 3 is 2.95 bits per heavy atom. The van der Waals surface area contributed by atoms with Gasteiger partial charge in [0.15, 0.2) is 0 Å². The largest absolute Gasteiger partial charge is 0.381 e. The molecule has 0 bridgehead atoms. The molecule has 3 nitrogen and oxygen atoms in total. The molecule has 1 aromatic rings. The highest BCUT2D eigenvalue weighted by molar-refractivity contribution is 5.79. The van der Waals surface area contributed by atoms with Crippen LogP contribution in [-0.4, -0.2) is 19.1 Å². The van der Waals surface area contributed by atoms with Crippen LogP contribution in [0.1, 0.15) is 31.4 Å². The van der Waals surface area contributed by atoms with Gasteiger partial charge in [0.2, 0.25) is 5.91 Å². The summed E-state index contributed by atoms with van der Waals surface area (Å²) in [6, 6.07) is 2.77. The van der Waals surface area contributed by atoms with Crippen LogP contribution in [0.5, 0.6) is 0 Å². The number of carbonyl (C=O) groups is 1. The van der Waals surface area contributed by atoms with Gasteiger partial charge in [0.1, 0.15) is 11.6 Å². The predicted molar refractivity (Wildman–Crippen MR) is 66.5 cm³/mol. The molecule has 19 heavy (non-hydrogen) atoms. The molecule has 104 valence electrons. The highest BCUT2D eigenvalue weighted by Crippen LogP contribution is 2.22. The van der Waals surface area contributed by atoms with E-state index in [9.17, 15) is 13.6 Å². The fourth-order valence-corrected chi connectivity index (χ4v) is 2.21. The Morgan fingerprint density at radius 2 is 2.32 bits per heavy atom. The van der Waals surface area contributed by atoms with Gasteiger partial charge in [-0.25, -0.2) is 8.78 Å². The van der Waals surface area contributed by atoms with E-state index in [0.717, 1.165) is 18.2 Å². The molecule has 1 aromatic carbocycles. The Labute approximate surface area is 111 Å². The van der Waals surface area contributed by atoms with Crippen LogP contribution < -0.4 is 5.32 Å². The zero-order chi connectivity index (χ0) is 13.8. The molecular formula is C14H17F2NO2. The quantitative estimate of drug-likeness (QED) is 0.912. The average molecular weight is 269 g/mol. The number of hydrogen-bond donors (Lipinski definition) is 1. The van der Waals surface area contributed by atoms with E-state index in [2.05, 4.69) is 5.32 Å². The first-order valence-corrected chi connectivity index (χ1v) is 6.45. The summed E-state index contributed by atoms with van der Waals surface area (Å²) in [5, 5.41) is 2.77. The van der Waals surface area contributed by atoms with Crippen LogP contribution in [0.3, 0.4) is 0 Å². The van der Waals surface area contributed by atoms with Crippen molar-refractivity contribution in [3.05, 3.63) is 35.4 Å². The summed E-state index contributed by atoms with van der Waals surface area (Å²) in [6.07, 6.45) is 1.17. The van der Waals surface area contributed by atoms with E-state index in [4.69, 9.17) is 4.74 Å². The van der Waals surface area contributed by atoms with Gasteiger partial charge in [0.25, 0.3) is 0 Å². The molecule has 0 aromatic heterocycles. The second-order valence-electron chi connectivity index (χ2n) is 4.70. The number of ether oxygens (including phenoxy) is 1. The number of rotatable bonds is 4. The number of amides is 1. The van der Waals surface area contributed by atoms with Gasteiger partial charge < -0.3 is 10.1 Å². The van der Waals surface area contributed by atoms with E-state index in [1.807, 2.05) is 6.92 Å². The minimum atomic E-state index is -0.510. The second kappa shape index (κ2) is 6.10. The minimum absolute atomic E-state index is 0.159. The van der Waals surface area contributed by atoms with Crippen LogP contribution >= 0.6 is 0 Å². The minimum Gasteiger partial charge on any atom is -0.381 e. The summed E-state index contributed by atoms with van der Waals surface area (Å²) in [4.78, 5) is 12.0. The standard InChI is InChI=1S/C14H17F2NO2/c1-2-13(11-7-10(15)3-4-12(11)16)17-14(18)9-5-6-19-8-9/h3-4,7,9,13H,2,5-6,8H2,1H3,(H,17,18)/t9-,13-/m0/s1. The molecule has 1 aliphatic rings. The smallest absolute Gasteiger partial charge is 0.226 e. The van der Waals surface area contributed by atoms with Gasteiger partial charge in [0.05, 0.1) is 18.6 Å². The molecule has 1 aliphatic heterocycles. The average Bonchev–Trinajstić information content (AvgIpc) is 2.93. The van der Waals surface area contributed by atoms with E-state index >= 15 is 0 Å². The van der Waals surface area contributed by atoms with Crippen LogP contribution in [-0.2, 0) is 9.53 Å². The Bertz CT molecular complexity index is 459.